The lowest BCUT2D eigenvalue weighted by Gasteiger charge is -2.19. The van der Waals surface area contributed by atoms with Crippen molar-refractivity contribution in [1.82, 2.24) is 14.9 Å². The van der Waals surface area contributed by atoms with Gasteiger partial charge in [0.25, 0.3) is 5.91 Å². The Balaban J connectivity index is 2.61. The molecule has 1 heterocycles. The number of nitro groups is 1. The summed E-state index contributed by atoms with van der Waals surface area (Å²) in [6.45, 7) is -2.75. The van der Waals surface area contributed by atoms with E-state index in [0.717, 1.165) is 12.4 Å². The van der Waals surface area contributed by atoms with Crippen LogP contribution in [0.3, 0.4) is 0 Å². The molecule has 0 atom stereocenters. The smallest absolute Gasteiger partial charge is 0.390 e. The largest absolute Gasteiger partial charge is 0.455 e. The number of amides is 1. The number of nitrogens with zero attached hydrogens (tertiary/aromatic N) is 3. The van der Waals surface area contributed by atoms with Gasteiger partial charge in [-0.25, -0.2) is 4.57 Å². The minimum Gasteiger partial charge on any atom is -0.390 e. The molecule has 1 aromatic rings. The Kier molecular flexibility index (Phi) is 4.25. The second kappa shape index (κ2) is 5.38. The van der Waals surface area contributed by atoms with Crippen LogP contribution in [-0.2, 0) is 11.3 Å². The molecule has 0 saturated heterocycles. The summed E-state index contributed by atoms with van der Waals surface area (Å²) in [5.41, 5.74) is 0. The van der Waals surface area contributed by atoms with E-state index in [2.05, 4.69) is 4.98 Å². The minimum absolute atomic E-state index is 0.696. The van der Waals surface area contributed by atoms with Crippen LogP contribution >= 0.6 is 0 Å². The lowest BCUT2D eigenvalue weighted by Crippen LogP contribution is -2.47. The van der Waals surface area contributed by atoms with E-state index >= 15 is 0 Å². The third kappa shape index (κ3) is 3.61. The maximum absolute atomic E-state index is 12.5. The fraction of sp³-hybridized carbons (Fsp3) is 0.500. The molecule has 0 bridgehead atoms. The first kappa shape index (κ1) is 15.8. The molecular weight excluding hydrogens is 291 g/mol. The zero-order valence-corrected chi connectivity index (χ0v) is 9.53. The number of aromatic nitrogens is 2. The summed E-state index contributed by atoms with van der Waals surface area (Å²) in [7, 11) is 0. The number of rotatable bonds is 5. The van der Waals surface area contributed by atoms with Gasteiger partial charge in [-0.2, -0.15) is 22.0 Å². The normalized spacial score (nSPS) is 12.2. The fourth-order valence-corrected chi connectivity index (χ4v) is 1.12. The van der Waals surface area contributed by atoms with E-state index in [1.165, 1.54) is 5.32 Å². The molecule has 1 N–H and O–H groups in total. The third-order valence-electron chi connectivity index (χ3n) is 2.09. The molecule has 7 nitrogen and oxygen atoms in total. The van der Waals surface area contributed by atoms with Crippen LogP contribution in [0.5, 0.6) is 0 Å². The number of hydrogen-bond acceptors (Lipinski definition) is 4. The molecule has 0 aliphatic carbocycles. The quantitative estimate of drug-likeness (QED) is 0.501. The molecule has 0 unspecified atom stereocenters. The molecule has 12 heteroatoms. The molecule has 0 saturated carbocycles. The van der Waals surface area contributed by atoms with Crippen LogP contribution < -0.4 is 5.32 Å². The molecule has 1 aromatic heterocycles. The summed E-state index contributed by atoms with van der Waals surface area (Å²) in [5.74, 6) is -7.05. The molecule has 20 heavy (non-hydrogen) atoms. The van der Waals surface area contributed by atoms with Crippen LogP contribution in [0.15, 0.2) is 12.4 Å². The highest BCUT2D eigenvalue weighted by atomic mass is 19.2. The van der Waals surface area contributed by atoms with Gasteiger partial charge in [-0.1, -0.05) is 4.98 Å². The van der Waals surface area contributed by atoms with Gasteiger partial charge in [-0.15, -0.1) is 0 Å². The highest BCUT2D eigenvalue weighted by Gasteiger charge is 2.57. The van der Waals surface area contributed by atoms with Crippen LogP contribution in [0.4, 0.5) is 27.9 Å². The van der Waals surface area contributed by atoms with E-state index in [1.54, 1.807) is 0 Å². The Labute approximate surface area is 107 Å². The molecular formula is C8H7F5N4O3. The molecule has 1 rings (SSSR count). The highest BCUT2D eigenvalue weighted by molar-refractivity contribution is 5.76. The SMILES string of the molecule is O=C(Cn1ccnc1[N+](=O)[O-])NCC([18F])([18F])C(F)([18F])[18F]. The summed E-state index contributed by atoms with van der Waals surface area (Å²) >= 11 is 0. The molecule has 112 valence electrons. The molecule has 0 aliphatic heterocycles. The summed E-state index contributed by atoms with van der Waals surface area (Å²) in [4.78, 5) is 24.0. The Morgan fingerprint density at radius 1 is 1.40 bits per heavy atom. The number of alkyl halides is 5. The number of imidazole rings is 1. The number of hydrogen-bond donors (Lipinski definition) is 1. The van der Waals surface area contributed by atoms with E-state index < -0.39 is 42.0 Å². The van der Waals surface area contributed by atoms with Crippen LogP contribution in [0.25, 0.3) is 0 Å². The number of carbonyl (C=O) groups excluding carboxylic acids is 1. The lowest BCUT2D eigenvalue weighted by atomic mass is 10.3. The van der Waals surface area contributed by atoms with Gasteiger partial charge < -0.3 is 15.4 Å². The average Bonchev–Trinajstić information content (AvgIpc) is 2.73. The molecule has 0 radical (unpaired) electrons. The van der Waals surface area contributed by atoms with Crippen molar-refractivity contribution in [3.63, 3.8) is 0 Å². The second-order valence-electron chi connectivity index (χ2n) is 3.59. The average molecular weight is 298 g/mol. The van der Waals surface area contributed by atoms with Gasteiger partial charge in [-0.05, 0) is 4.92 Å². The fourth-order valence-electron chi connectivity index (χ4n) is 1.12. The molecule has 0 aliphatic rings. The lowest BCUT2D eigenvalue weighted by molar-refractivity contribution is -0.396. The van der Waals surface area contributed by atoms with Gasteiger partial charge in [0.1, 0.15) is 12.4 Å². The topological polar surface area (TPSA) is 90.1 Å². The summed E-state index contributed by atoms with van der Waals surface area (Å²) in [6.07, 6.45) is -3.80. The van der Waals surface area contributed by atoms with E-state index in [9.17, 15) is 36.9 Å². The molecule has 0 spiro atoms. The van der Waals surface area contributed by atoms with Crippen molar-refractivity contribution in [3.8, 4) is 0 Å². The summed E-state index contributed by atoms with van der Waals surface area (Å²) < 4.78 is 61.2. The number of carbonyl (C=O) groups is 1. The Morgan fingerprint density at radius 3 is 2.50 bits per heavy atom. The molecule has 0 aromatic carbocycles. The van der Waals surface area contributed by atoms with Crippen molar-refractivity contribution >= 4 is 11.9 Å². The van der Waals surface area contributed by atoms with E-state index in [1.807, 2.05) is 0 Å². The van der Waals surface area contributed by atoms with Crippen LogP contribution in [0.1, 0.15) is 0 Å². The number of nitrogens with one attached hydrogen (secondary N) is 1. The number of halogens is 5. The van der Waals surface area contributed by atoms with Gasteiger partial charge >= 0.3 is 18.0 Å². The predicted octanol–water partition coefficient (Wildman–Crippen LogP) is 1.11. The summed E-state index contributed by atoms with van der Waals surface area (Å²) in [6, 6.07) is 0. The van der Waals surface area contributed by atoms with E-state index in [0.29, 0.717) is 4.57 Å². The van der Waals surface area contributed by atoms with Crippen molar-refractivity contribution < 1.29 is 31.7 Å². The van der Waals surface area contributed by atoms with Gasteiger partial charge in [0.2, 0.25) is 0 Å². The van der Waals surface area contributed by atoms with E-state index in [4.69, 9.17) is 0 Å². The van der Waals surface area contributed by atoms with Gasteiger partial charge in [0.05, 0.1) is 6.54 Å². The van der Waals surface area contributed by atoms with Crippen molar-refractivity contribution in [2.45, 2.75) is 18.6 Å². The molecule has 1 amide bonds. The van der Waals surface area contributed by atoms with Crippen molar-refractivity contribution in [1.29, 1.82) is 0 Å². The summed E-state index contributed by atoms with van der Waals surface area (Å²) in [5, 5.41) is 11.8. The first-order valence-electron chi connectivity index (χ1n) is 4.91. The van der Waals surface area contributed by atoms with Gasteiger partial charge in [0, 0.05) is 0 Å². The predicted molar refractivity (Wildman–Crippen MR) is 52.9 cm³/mol. The van der Waals surface area contributed by atoms with E-state index in [-0.39, 0.29) is 0 Å². The van der Waals surface area contributed by atoms with Gasteiger partial charge in [0.15, 0.2) is 6.54 Å². The first-order chi connectivity index (χ1) is 9.04. The maximum Gasteiger partial charge on any atom is 0.455 e. The Hall–Kier alpha value is -2.27. The highest BCUT2D eigenvalue weighted by Crippen LogP contribution is 2.34. The van der Waals surface area contributed by atoms with Crippen molar-refractivity contribution in [2.75, 3.05) is 6.54 Å². The maximum atomic E-state index is 12.5. The monoisotopic (exact) mass is 298 g/mol. The molecule has 0 fully saturated rings. The zero-order valence-electron chi connectivity index (χ0n) is 9.53. The Morgan fingerprint density at radius 2 is 2.00 bits per heavy atom. The second-order valence-corrected chi connectivity index (χ2v) is 3.59. The van der Waals surface area contributed by atoms with Crippen LogP contribution in [0, 0.1) is 10.1 Å². The van der Waals surface area contributed by atoms with Crippen LogP contribution in [-0.4, -0.2) is 39.0 Å². The van der Waals surface area contributed by atoms with Gasteiger partial charge in [-0.3, -0.25) is 4.79 Å². The van der Waals surface area contributed by atoms with Crippen LogP contribution in [0.2, 0.25) is 0 Å². The van der Waals surface area contributed by atoms with Crippen molar-refractivity contribution in [2.24, 2.45) is 0 Å². The first-order valence-corrected chi connectivity index (χ1v) is 4.91. The zero-order chi connectivity index (χ0) is 15.6. The minimum atomic E-state index is -5.79. The standard InChI is InChI=1S/C8H7F5N4O3/c9-7(10,8(11,12)13)4-15-5(18)3-16-2-1-14-6(16)17(19)20/h1-2H,3-4H2,(H,15,18)/i9-1,10-1,11-1,12-1. The van der Waals surface area contributed by atoms with Crippen molar-refractivity contribution in [3.05, 3.63) is 22.5 Å². The Bertz CT molecular complexity index is 512. The third-order valence-corrected chi connectivity index (χ3v) is 2.09.